The molecule has 0 unspecified atom stereocenters. The molecule has 1 saturated heterocycles. The Morgan fingerprint density at radius 2 is 1.85 bits per heavy atom. The first kappa shape index (κ1) is 28.6. The van der Waals surface area contributed by atoms with Crippen molar-refractivity contribution >= 4 is 22.8 Å². The SMILES string of the molecule is CC(C)(C)c1ccc(CC(=O)CCCCN(C[C@H]2O[C@@H](n3cnc4c(N)ncnc43)[C@H](O)[C@H]2O)C2CCC2)cc1. The maximum atomic E-state index is 12.6. The van der Waals surface area contributed by atoms with Crippen LogP contribution >= 0.6 is 0 Å². The molecule has 216 valence electrons. The Bertz CT molecular complexity index is 1300. The third-order valence-corrected chi connectivity index (χ3v) is 8.38. The fourth-order valence-corrected chi connectivity index (χ4v) is 5.65. The van der Waals surface area contributed by atoms with Crippen molar-refractivity contribution in [3.63, 3.8) is 0 Å². The summed E-state index contributed by atoms with van der Waals surface area (Å²) in [6, 6.07) is 8.82. The van der Waals surface area contributed by atoms with E-state index >= 15 is 0 Å². The van der Waals surface area contributed by atoms with Crippen molar-refractivity contribution in [2.45, 2.75) is 102 Å². The van der Waals surface area contributed by atoms with Crippen LogP contribution in [-0.4, -0.2) is 77.9 Å². The molecular weight excluding hydrogens is 508 g/mol. The van der Waals surface area contributed by atoms with E-state index in [-0.39, 0.29) is 17.0 Å². The summed E-state index contributed by atoms with van der Waals surface area (Å²) in [5.41, 5.74) is 9.23. The van der Waals surface area contributed by atoms with Gasteiger partial charge in [-0.3, -0.25) is 14.3 Å². The topological polar surface area (TPSA) is 140 Å². The van der Waals surface area contributed by atoms with Crippen molar-refractivity contribution in [1.82, 2.24) is 24.4 Å². The van der Waals surface area contributed by atoms with Gasteiger partial charge in [-0.2, -0.15) is 0 Å². The van der Waals surface area contributed by atoms with Crippen LogP contribution < -0.4 is 5.73 Å². The standard InChI is InChI=1S/C30H42N6O4/c1-30(2,3)20-12-10-19(11-13-20)15-22(37)9-4-5-14-35(21-7-6-8-21)16-23-25(38)26(39)29(40-23)36-18-34-24-27(31)32-17-33-28(24)36/h10-13,17-18,21,23,25-26,29,38-39H,4-9,14-16H2,1-3H3,(H2,31,32,33)/t23-,25+,26-,29-/m1/s1. The van der Waals surface area contributed by atoms with Crippen molar-refractivity contribution in [3.8, 4) is 0 Å². The molecule has 4 atom stereocenters. The molecule has 1 saturated carbocycles. The Morgan fingerprint density at radius 1 is 1.10 bits per heavy atom. The van der Waals surface area contributed by atoms with Crippen LogP contribution in [0, 0.1) is 0 Å². The third kappa shape index (κ3) is 6.20. The lowest BCUT2D eigenvalue weighted by molar-refractivity contribution is -0.118. The first-order chi connectivity index (χ1) is 19.1. The number of nitrogen functional groups attached to an aromatic ring is 1. The van der Waals surface area contributed by atoms with Crippen molar-refractivity contribution < 1.29 is 19.7 Å². The van der Waals surface area contributed by atoms with Gasteiger partial charge in [0.1, 0.15) is 35.9 Å². The second kappa shape index (κ2) is 11.9. The van der Waals surface area contributed by atoms with Gasteiger partial charge in [0.05, 0.1) is 6.33 Å². The van der Waals surface area contributed by atoms with Crippen LogP contribution in [0.25, 0.3) is 11.2 Å². The summed E-state index contributed by atoms with van der Waals surface area (Å²) in [5, 5.41) is 21.7. The van der Waals surface area contributed by atoms with Crippen molar-refractivity contribution in [2.24, 2.45) is 0 Å². The lowest BCUT2D eigenvalue weighted by Gasteiger charge is -2.39. The normalized spacial score (nSPS) is 23.6. The summed E-state index contributed by atoms with van der Waals surface area (Å²) >= 11 is 0. The number of hydrogen-bond acceptors (Lipinski definition) is 9. The number of benzene rings is 1. The molecule has 1 aliphatic carbocycles. The van der Waals surface area contributed by atoms with Crippen molar-refractivity contribution in [3.05, 3.63) is 48.0 Å². The smallest absolute Gasteiger partial charge is 0.167 e. The van der Waals surface area contributed by atoms with Gasteiger partial charge in [0.2, 0.25) is 0 Å². The number of aliphatic hydroxyl groups is 2. The van der Waals surface area contributed by atoms with Crippen LogP contribution in [0.3, 0.4) is 0 Å². The molecule has 4 N–H and O–H groups in total. The van der Waals surface area contributed by atoms with Gasteiger partial charge in [-0.1, -0.05) is 51.5 Å². The zero-order chi connectivity index (χ0) is 28.4. The lowest BCUT2D eigenvalue weighted by atomic mass is 9.86. The highest BCUT2D eigenvalue weighted by atomic mass is 16.6. The second-order valence-corrected chi connectivity index (χ2v) is 12.3. The Balaban J connectivity index is 1.13. The number of imidazole rings is 1. The molecule has 2 fully saturated rings. The molecule has 40 heavy (non-hydrogen) atoms. The predicted molar refractivity (Wildman–Crippen MR) is 153 cm³/mol. The van der Waals surface area contributed by atoms with E-state index in [4.69, 9.17) is 10.5 Å². The minimum atomic E-state index is -1.13. The average Bonchev–Trinajstić information content (AvgIpc) is 3.42. The fourth-order valence-electron chi connectivity index (χ4n) is 5.65. The highest BCUT2D eigenvalue weighted by Gasteiger charge is 2.45. The molecule has 2 aromatic heterocycles. The van der Waals surface area contributed by atoms with Crippen molar-refractivity contribution in [2.75, 3.05) is 18.8 Å². The molecule has 0 spiro atoms. The lowest BCUT2D eigenvalue weighted by Crippen LogP contribution is -2.47. The number of hydrogen-bond donors (Lipinski definition) is 3. The number of carbonyl (C=O) groups is 1. The van der Waals surface area contributed by atoms with E-state index in [9.17, 15) is 15.0 Å². The molecule has 1 aliphatic heterocycles. The summed E-state index contributed by atoms with van der Waals surface area (Å²) in [7, 11) is 0. The van der Waals surface area contributed by atoms with Gasteiger partial charge in [0.15, 0.2) is 17.7 Å². The van der Waals surface area contributed by atoms with E-state index in [0.717, 1.165) is 37.8 Å². The van der Waals surface area contributed by atoms with Gasteiger partial charge < -0.3 is 20.7 Å². The van der Waals surface area contributed by atoms with Crippen molar-refractivity contribution in [1.29, 1.82) is 0 Å². The monoisotopic (exact) mass is 550 g/mol. The minimum Gasteiger partial charge on any atom is -0.387 e. The summed E-state index contributed by atoms with van der Waals surface area (Å²) in [5.74, 6) is 0.512. The number of fused-ring (bicyclic) bond motifs is 1. The molecule has 0 radical (unpaired) electrons. The molecule has 2 aliphatic rings. The number of ketones is 1. The van der Waals surface area contributed by atoms with E-state index in [1.54, 1.807) is 4.57 Å². The Kier molecular flexibility index (Phi) is 8.51. The highest BCUT2D eigenvalue weighted by molar-refractivity contribution is 5.81. The summed E-state index contributed by atoms with van der Waals surface area (Å²) in [6.45, 7) is 7.90. The van der Waals surface area contributed by atoms with Gasteiger partial charge in [-0.25, -0.2) is 15.0 Å². The maximum absolute atomic E-state index is 12.6. The van der Waals surface area contributed by atoms with E-state index in [1.807, 2.05) is 0 Å². The summed E-state index contributed by atoms with van der Waals surface area (Å²) < 4.78 is 7.80. The first-order valence-electron chi connectivity index (χ1n) is 14.4. The van der Waals surface area contributed by atoms with Crippen LogP contribution in [0.5, 0.6) is 0 Å². The number of nitrogens with zero attached hydrogens (tertiary/aromatic N) is 5. The number of Topliss-reactive ketones (excluding diaryl/α,β-unsaturated/α-hetero) is 1. The van der Waals surface area contributed by atoms with Crippen LogP contribution in [-0.2, 0) is 21.4 Å². The average molecular weight is 551 g/mol. The number of ether oxygens (including phenoxy) is 1. The van der Waals surface area contributed by atoms with Crippen LogP contribution in [0.2, 0.25) is 0 Å². The molecule has 3 aromatic rings. The summed E-state index contributed by atoms with van der Waals surface area (Å²) in [4.78, 5) is 27.5. The molecule has 10 heteroatoms. The van der Waals surface area contributed by atoms with Gasteiger partial charge in [-0.05, 0) is 48.8 Å². The van der Waals surface area contributed by atoms with Gasteiger partial charge >= 0.3 is 0 Å². The van der Waals surface area contributed by atoms with E-state index in [0.29, 0.717) is 36.6 Å². The number of nitrogens with two attached hydrogens (primary N) is 1. The van der Waals surface area contributed by atoms with Gasteiger partial charge in [0.25, 0.3) is 0 Å². The summed E-state index contributed by atoms with van der Waals surface area (Å²) in [6.07, 6.45) is 5.46. The molecule has 10 nitrogen and oxygen atoms in total. The molecule has 0 bridgehead atoms. The Hall–Kier alpha value is -2.92. The van der Waals surface area contributed by atoms with Crippen LogP contribution in [0.4, 0.5) is 5.82 Å². The third-order valence-electron chi connectivity index (χ3n) is 8.38. The number of unbranched alkanes of at least 4 members (excludes halogenated alkanes) is 1. The zero-order valence-electron chi connectivity index (χ0n) is 23.7. The number of aromatic nitrogens is 4. The Labute approximate surface area is 235 Å². The molecule has 3 heterocycles. The quantitative estimate of drug-likeness (QED) is 0.307. The number of rotatable bonds is 11. The molecule has 0 amide bonds. The Morgan fingerprint density at radius 3 is 2.52 bits per heavy atom. The largest absolute Gasteiger partial charge is 0.387 e. The molecule has 1 aromatic carbocycles. The van der Waals surface area contributed by atoms with E-state index in [2.05, 4.69) is 64.9 Å². The van der Waals surface area contributed by atoms with Crippen LogP contribution in [0.15, 0.2) is 36.9 Å². The van der Waals surface area contributed by atoms with E-state index < -0.39 is 24.5 Å². The van der Waals surface area contributed by atoms with E-state index in [1.165, 1.54) is 24.6 Å². The minimum absolute atomic E-state index is 0.102. The number of aliphatic hydroxyl groups excluding tert-OH is 2. The van der Waals surface area contributed by atoms with Gasteiger partial charge in [-0.15, -0.1) is 0 Å². The second-order valence-electron chi connectivity index (χ2n) is 12.3. The van der Waals surface area contributed by atoms with Crippen LogP contribution in [0.1, 0.15) is 76.7 Å². The number of carbonyl (C=O) groups excluding carboxylic acids is 1. The maximum Gasteiger partial charge on any atom is 0.167 e. The fraction of sp³-hybridized carbons (Fsp3) is 0.600. The number of anilines is 1. The highest BCUT2D eigenvalue weighted by Crippen LogP contribution is 2.34. The van der Waals surface area contributed by atoms with Gasteiger partial charge in [0, 0.05) is 25.4 Å². The predicted octanol–water partition coefficient (Wildman–Crippen LogP) is 3.16. The first-order valence-corrected chi connectivity index (χ1v) is 14.4. The molecular formula is C30H42N6O4. The molecule has 5 rings (SSSR count). The zero-order valence-corrected chi connectivity index (χ0v) is 23.7.